The second-order valence-electron chi connectivity index (χ2n) is 11.3. The van der Waals surface area contributed by atoms with Crippen molar-refractivity contribution in [2.75, 3.05) is 0 Å². The van der Waals surface area contributed by atoms with Gasteiger partial charge in [-0.15, -0.1) is 0 Å². The minimum Gasteiger partial charge on any atom is -0.393 e. The van der Waals surface area contributed by atoms with E-state index in [0.717, 1.165) is 29.9 Å². The summed E-state index contributed by atoms with van der Waals surface area (Å²) in [5.74, 6) is 2.11. The molecule has 0 heterocycles. The van der Waals surface area contributed by atoms with Crippen molar-refractivity contribution >= 4 is 0 Å². The Morgan fingerprint density at radius 2 is 1.97 bits per heavy atom. The van der Waals surface area contributed by atoms with Crippen molar-refractivity contribution < 1.29 is 15.3 Å². The van der Waals surface area contributed by atoms with Gasteiger partial charge in [0.2, 0.25) is 0 Å². The van der Waals surface area contributed by atoms with Gasteiger partial charge in [-0.3, -0.25) is 0 Å². The molecule has 30 heavy (non-hydrogen) atoms. The molecule has 3 saturated carbocycles. The number of fused-ring (bicyclic) bond motifs is 1. The average Bonchev–Trinajstić information content (AvgIpc) is 3.00. The van der Waals surface area contributed by atoms with E-state index in [0.29, 0.717) is 30.1 Å². The highest BCUT2D eigenvalue weighted by Gasteiger charge is 2.50. The van der Waals surface area contributed by atoms with Gasteiger partial charge in [0.1, 0.15) is 0 Å². The van der Waals surface area contributed by atoms with Crippen LogP contribution in [0.4, 0.5) is 0 Å². The number of aliphatic hydroxyl groups is 3. The summed E-state index contributed by atoms with van der Waals surface area (Å²) in [5.41, 5.74) is 3.17. The first kappa shape index (κ1) is 23.8. The maximum absolute atomic E-state index is 10.1. The summed E-state index contributed by atoms with van der Waals surface area (Å²) in [6.45, 7) is 12.8. The lowest BCUT2D eigenvalue weighted by molar-refractivity contribution is 0.0596. The minimum absolute atomic E-state index is 0.374. The largest absolute Gasteiger partial charge is 0.393 e. The molecule has 3 aliphatic rings. The van der Waals surface area contributed by atoms with Gasteiger partial charge in [-0.2, -0.15) is 0 Å². The van der Waals surface area contributed by atoms with Crippen molar-refractivity contribution in [1.82, 2.24) is 0 Å². The van der Waals surface area contributed by atoms with Crippen LogP contribution >= 0.6 is 0 Å². The Hall–Kier alpha value is -0.900. The predicted molar refractivity (Wildman–Crippen MR) is 124 cm³/mol. The molecule has 0 aromatic rings. The molecule has 170 valence electrons. The number of allylic oxidation sites excluding steroid dienone is 3. The highest BCUT2D eigenvalue weighted by atomic mass is 16.3. The van der Waals surface area contributed by atoms with Crippen molar-refractivity contribution in [2.24, 2.45) is 23.2 Å². The van der Waals surface area contributed by atoms with Gasteiger partial charge in [-0.1, -0.05) is 51.0 Å². The standard InChI is InChI=1S/C27H44O3/c1-18(8-6-14-26(3,4)30)23-12-13-24-20(9-7-15-27(23,24)5)10-11-21-16-22(28)17-25(29)19(21)2/h10-11,18,22-25,28-30H,2,6-9,12-17H2,1,3-5H3/b20-10+,21-11+/t18?,22-,23-,24+,25+,27-/m1/s1. The molecule has 0 aromatic carbocycles. The van der Waals surface area contributed by atoms with E-state index in [9.17, 15) is 15.3 Å². The van der Waals surface area contributed by atoms with Gasteiger partial charge in [0.05, 0.1) is 17.8 Å². The SMILES string of the molecule is C=C1/C(=C/C=C2\CCC[C@]3(C)[C@@H](C(C)CCCC(C)(C)O)CC[C@@H]23)C[C@@H](O)C[C@@H]1O. The van der Waals surface area contributed by atoms with E-state index < -0.39 is 17.8 Å². The van der Waals surface area contributed by atoms with Crippen LogP contribution in [0, 0.1) is 23.2 Å². The van der Waals surface area contributed by atoms with Crippen LogP contribution in [0.25, 0.3) is 0 Å². The molecule has 0 aromatic heterocycles. The van der Waals surface area contributed by atoms with Gasteiger partial charge in [0.15, 0.2) is 0 Å². The third-order valence-corrected chi connectivity index (χ3v) is 8.44. The first-order chi connectivity index (χ1) is 14.0. The summed E-state index contributed by atoms with van der Waals surface area (Å²) in [6, 6.07) is 0. The summed E-state index contributed by atoms with van der Waals surface area (Å²) in [7, 11) is 0. The number of rotatable bonds is 6. The maximum atomic E-state index is 10.1. The molecule has 0 radical (unpaired) electrons. The normalized spacial score (nSPS) is 38.8. The first-order valence-corrected chi connectivity index (χ1v) is 12.2. The summed E-state index contributed by atoms with van der Waals surface area (Å²) in [4.78, 5) is 0. The zero-order valence-corrected chi connectivity index (χ0v) is 19.7. The molecule has 0 spiro atoms. The molecule has 3 heteroatoms. The van der Waals surface area contributed by atoms with Crippen LogP contribution in [0.3, 0.4) is 0 Å². The quantitative estimate of drug-likeness (QED) is 0.520. The van der Waals surface area contributed by atoms with E-state index in [2.05, 4.69) is 32.6 Å². The third kappa shape index (κ3) is 5.29. The molecular weight excluding hydrogens is 372 g/mol. The fourth-order valence-electron chi connectivity index (χ4n) is 6.74. The van der Waals surface area contributed by atoms with Crippen molar-refractivity contribution in [2.45, 2.75) is 110 Å². The Balaban J connectivity index is 1.70. The van der Waals surface area contributed by atoms with Crippen molar-refractivity contribution in [1.29, 1.82) is 0 Å². The van der Waals surface area contributed by atoms with E-state index in [1.807, 2.05) is 13.8 Å². The van der Waals surface area contributed by atoms with Crippen LogP contribution < -0.4 is 0 Å². The fourth-order valence-corrected chi connectivity index (χ4v) is 6.74. The van der Waals surface area contributed by atoms with Gasteiger partial charge < -0.3 is 15.3 Å². The van der Waals surface area contributed by atoms with Gasteiger partial charge >= 0.3 is 0 Å². The first-order valence-electron chi connectivity index (χ1n) is 12.2. The molecule has 0 bridgehead atoms. The van der Waals surface area contributed by atoms with Crippen LogP contribution in [0.15, 0.2) is 35.5 Å². The highest BCUT2D eigenvalue weighted by Crippen LogP contribution is 2.60. The Morgan fingerprint density at radius 3 is 2.67 bits per heavy atom. The van der Waals surface area contributed by atoms with Crippen LogP contribution in [-0.2, 0) is 0 Å². The molecule has 3 rings (SSSR count). The van der Waals surface area contributed by atoms with Crippen molar-refractivity contribution in [3.8, 4) is 0 Å². The summed E-state index contributed by atoms with van der Waals surface area (Å²) >= 11 is 0. The van der Waals surface area contributed by atoms with E-state index in [-0.39, 0.29) is 0 Å². The maximum Gasteiger partial charge on any atom is 0.0811 e. The molecule has 3 nitrogen and oxygen atoms in total. The van der Waals surface area contributed by atoms with Crippen LogP contribution in [-0.4, -0.2) is 33.1 Å². The summed E-state index contributed by atoms with van der Waals surface area (Å²) in [6.07, 6.45) is 13.9. The number of hydrogen-bond donors (Lipinski definition) is 3. The molecule has 0 amide bonds. The minimum atomic E-state index is -0.615. The lowest BCUT2D eigenvalue weighted by Crippen LogP contribution is -2.36. The predicted octanol–water partition coefficient (Wildman–Crippen LogP) is 5.70. The molecule has 3 fully saturated rings. The lowest BCUT2D eigenvalue weighted by atomic mass is 9.60. The number of aliphatic hydroxyl groups excluding tert-OH is 2. The van der Waals surface area contributed by atoms with Gasteiger partial charge in [-0.25, -0.2) is 0 Å². The Kier molecular flexibility index (Phi) is 7.37. The molecule has 3 aliphatic carbocycles. The second-order valence-corrected chi connectivity index (χ2v) is 11.3. The molecule has 1 unspecified atom stereocenters. The highest BCUT2D eigenvalue weighted by molar-refractivity contribution is 5.38. The lowest BCUT2D eigenvalue weighted by Gasteiger charge is -2.44. The Bertz CT molecular complexity index is 683. The van der Waals surface area contributed by atoms with Gasteiger partial charge in [-0.05, 0) is 93.1 Å². The van der Waals surface area contributed by atoms with Gasteiger partial charge in [0.25, 0.3) is 0 Å². The van der Waals surface area contributed by atoms with E-state index in [1.165, 1.54) is 38.5 Å². The molecule has 0 aliphatic heterocycles. The van der Waals surface area contributed by atoms with E-state index in [4.69, 9.17) is 0 Å². The zero-order chi connectivity index (χ0) is 22.1. The van der Waals surface area contributed by atoms with E-state index in [1.54, 1.807) is 5.57 Å². The van der Waals surface area contributed by atoms with E-state index >= 15 is 0 Å². The molecule has 3 N–H and O–H groups in total. The molecular formula is C27H44O3. The fraction of sp³-hybridized carbons (Fsp3) is 0.778. The second kappa shape index (κ2) is 9.30. The zero-order valence-electron chi connectivity index (χ0n) is 19.7. The summed E-state index contributed by atoms with van der Waals surface area (Å²) in [5, 5.41) is 30.2. The average molecular weight is 417 g/mol. The Labute approximate surface area is 184 Å². The van der Waals surface area contributed by atoms with Crippen LogP contribution in [0.2, 0.25) is 0 Å². The van der Waals surface area contributed by atoms with Gasteiger partial charge in [0, 0.05) is 6.42 Å². The van der Waals surface area contributed by atoms with Crippen molar-refractivity contribution in [3.63, 3.8) is 0 Å². The molecule has 6 atom stereocenters. The Morgan fingerprint density at radius 1 is 1.23 bits per heavy atom. The number of hydrogen-bond acceptors (Lipinski definition) is 3. The topological polar surface area (TPSA) is 60.7 Å². The monoisotopic (exact) mass is 416 g/mol. The van der Waals surface area contributed by atoms with Crippen molar-refractivity contribution in [3.05, 3.63) is 35.5 Å². The third-order valence-electron chi connectivity index (χ3n) is 8.44. The van der Waals surface area contributed by atoms with Crippen LogP contribution in [0.5, 0.6) is 0 Å². The van der Waals surface area contributed by atoms with Crippen LogP contribution in [0.1, 0.15) is 91.9 Å². The summed E-state index contributed by atoms with van der Waals surface area (Å²) < 4.78 is 0. The molecule has 0 saturated heterocycles. The smallest absolute Gasteiger partial charge is 0.0811 e.